The summed E-state index contributed by atoms with van der Waals surface area (Å²) in [5.41, 5.74) is 2.44. The van der Waals surface area contributed by atoms with Crippen LogP contribution in [-0.4, -0.2) is 38.0 Å². The second-order valence-corrected chi connectivity index (χ2v) is 7.54. The number of halogens is 1. The number of benzene rings is 1. The molecular weight excluding hydrogens is 324 g/mol. The van der Waals surface area contributed by atoms with Gasteiger partial charge in [-0.1, -0.05) is 23.7 Å². The van der Waals surface area contributed by atoms with E-state index in [0.29, 0.717) is 10.7 Å². The Balaban J connectivity index is 2.73. The van der Waals surface area contributed by atoms with Crippen LogP contribution in [0.1, 0.15) is 17.5 Å². The topological polar surface area (TPSA) is 66.5 Å². The molecule has 0 aliphatic rings. The van der Waals surface area contributed by atoms with Gasteiger partial charge in [0.25, 0.3) is 0 Å². The van der Waals surface area contributed by atoms with Crippen molar-refractivity contribution in [1.29, 1.82) is 0 Å². The van der Waals surface area contributed by atoms with Crippen molar-refractivity contribution in [2.45, 2.75) is 20.3 Å². The number of anilines is 1. The summed E-state index contributed by atoms with van der Waals surface area (Å²) in [4.78, 5) is 12.0. The number of hydrogen-bond acceptors (Lipinski definition) is 3. The second kappa shape index (κ2) is 7.76. The molecule has 0 heterocycles. The highest BCUT2D eigenvalue weighted by atomic mass is 35.5. The number of hydrogen-bond donors (Lipinski definition) is 1. The molecule has 0 atom stereocenters. The lowest BCUT2D eigenvalue weighted by Crippen LogP contribution is -2.33. The molecule has 0 aromatic heterocycles. The Kier molecular flexibility index (Phi) is 6.59. The minimum atomic E-state index is -3.36. The third-order valence-electron chi connectivity index (χ3n) is 3.09. The number of aryl methyl sites for hydroxylation is 2. The van der Waals surface area contributed by atoms with Gasteiger partial charge in [0.15, 0.2) is 0 Å². The van der Waals surface area contributed by atoms with E-state index in [0.717, 1.165) is 17.4 Å². The molecule has 0 saturated heterocycles. The van der Waals surface area contributed by atoms with Crippen LogP contribution in [0.25, 0.3) is 0 Å². The van der Waals surface area contributed by atoms with Crippen LogP contribution in [0.2, 0.25) is 5.02 Å². The Hall–Kier alpha value is -1.37. The van der Waals surface area contributed by atoms with Crippen LogP contribution in [0.15, 0.2) is 24.8 Å². The van der Waals surface area contributed by atoms with E-state index in [1.165, 1.54) is 10.4 Å². The highest BCUT2D eigenvalue weighted by Crippen LogP contribution is 2.27. The average Bonchev–Trinajstić information content (AvgIpc) is 2.37. The van der Waals surface area contributed by atoms with Gasteiger partial charge in [-0.15, -0.1) is 6.58 Å². The molecule has 122 valence electrons. The van der Waals surface area contributed by atoms with Gasteiger partial charge in [0.1, 0.15) is 0 Å². The van der Waals surface area contributed by atoms with Crippen molar-refractivity contribution in [3.63, 3.8) is 0 Å². The van der Waals surface area contributed by atoms with E-state index in [-0.39, 0.29) is 25.4 Å². The molecule has 0 bridgehead atoms. The number of amides is 1. The Bertz CT molecular complexity index is 648. The molecule has 0 unspecified atom stereocenters. The van der Waals surface area contributed by atoms with Crippen molar-refractivity contribution < 1.29 is 13.2 Å². The van der Waals surface area contributed by atoms with Crippen LogP contribution < -0.4 is 5.32 Å². The highest BCUT2D eigenvalue weighted by molar-refractivity contribution is 7.88. The summed E-state index contributed by atoms with van der Waals surface area (Å²) in [6.45, 7) is 7.57. The van der Waals surface area contributed by atoms with Gasteiger partial charge in [-0.25, -0.2) is 8.42 Å². The number of sulfonamides is 1. The summed E-state index contributed by atoms with van der Waals surface area (Å²) in [5, 5.41) is 3.21. The van der Waals surface area contributed by atoms with Crippen molar-refractivity contribution in [2.24, 2.45) is 0 Å². The fourth-order valence-electron chi connectivity index (χ4n) is 2.04. The molecule has 0 aliphatic carbocycles. The first-order valence-corrected chi connectivity index (χ1v) is 9.00. The lowest BCUT2D eigenvalue weighted by molar-refractivity contribution is -0.116. The summed E-state index contributed by atoms with van der Waals surface area (Å²) in [5.74, 6) is -0.286. The molecule has 7 heteroatoms. The van der Waals surface area contributed by atoms with Crippen molar-refractivity contribution in [3.05, 3.63) is 40.9 Å². The zero-order valence-corrected chi connectivity index (χ0v) is 14.6. The van der Waals surface area contributed by atoms with E-state index in [1.807, 2.05) is 19.9 Å². The molecule has 1 aromatic carbocycles. The monoisotopic (exact) mass is 344 g/mol. The van der Waals surface area contributed by atoms with Crippen LogP contribution in [0.5, 0.6) is 0 Å². The number of carbonyl (C=O) groups excluding carboxylic acids is 1. The van der Waals surface area contributed by atoms with Gasteiger partial charge in [-0.05, 0) is 31.0 Å². The molecule has 0 spiro atoms. The third-order valence-corrected chi connectivity index (χ3v) is 4.65. The summed E-state index contributed by atoms with van der Waals surface area (Å²) in [6, 6.07) is 3.69. The maximum absolute atomic E-state index is 12.0. The molecule has 1 aromatic rings. The summed E-state index contributed by atoms with van der Waals surface area (Å²) in [6.07, 6.45) is 2.64. The van der Waals surface area contributed by atoms with Gasteiger partial charge in [0.05, 0.1) is 17.0 Å². The highest BCUT2D eigenvalue weighted by Gasteiger charge is 2.17. The number of rotatable bonds is 7. The Morgan fingerprint density at radius 1 is 1.41 bits per heavy atom. The number of carbonyl (C=O) groups is 1. The molecule has 0 fully saturated rings. The zero-order chi connectivity index (χ0) is 16.9. The minimum Gasteiger partial charge on any atom is -0.325 e. The average molecular weight is 345 g/mol. The standard InChI is InChI=1S/C15H21ClN2O3S/c1-5-7-18(22(4,20)21)8-6-14(19)17-15-12(3)9-11(2)10-13(15)16/h5,9-10H,1,6-8H2,2-4H3,(H,17,19). The van der Waals surface area contributed by atoms with Gasteiger partial charge >= 0.3 is 0 Å². The largest absolute Gasteiger partial charge is 0.325 e. The van der Waals surface area contributed by atoms with E-state index in [2.05, 4.69) is 11.9 Å². The quantitative estimate of drug-likeness (QED) is 0.773. The van der Waals surface area contributed by atoms with Crippen molar-refractivity contribution in [1.82, 2.24) is 4.31 Å². The van der Waals surface area contributed by atoms with E-state index < -0.39 is 10.0 Å². The van der Waals surface area contributed by atoms with Crippen LogP contribution in [0.4, 0.5) is 5.69 Å². The molecule has 22 heavy (non-hydrogen) atoms. The fraction of sp³-hybridized carbons (Fsp3) is 0.400. The van der Waals surface area contributed by atoms with Crippen molar-refractivity contribution >= 4 is 33.2 Å². The van der Waals surface area contributed by atoms with Crippen LogP contribution in [-0.2, 0) is 14.8 Å². The Labute approximate surface area is 137 Å². The Morgan fingerprint density at radius 2 is 2.05 bits per heavy atom. The van der Waals surface area contributed by atoms with Gasteiger partial charge in [0, 0.05) is 19.5 Å². The lowest BCUT2D eigenvalue weighted by atomic mass is 10.1. The van der Waals surface area contributed by atoms with Crippen LogP contribution >= 0.6 is 11.6 Å². The van der Waals surface area contributed by atoms with E-state index in [9.17, 15) is 13.2 Å². The summed E-state index contributed by atoms with van der Waals surface area (Å²) < 4.78 is 24.3. The summed E-state index contributed by atoms with van der Waals surface area (Å²) in [7, 11) is -3.36. The minimum absolute atomic E-state index is 0.0462. The maximum Gasteiger partial charge on any atom is 0.225 e. The van der Waals surface area contributed by atoms with Crippen LogP contribution in [0, 0.1) is 13.8 Å². The molecule has 1 N–H and O–H groups in total. The first-order valence-electron chi connectivity index (χ1n) is 6.77. The zero-order valence-electron chi connectivity index (χ0n) is 13.0. The fourth-order valence-corrected chi connectivity index (χ4v) is 3.21. The van der Waals surface area contributed by atoms with E-state index in [4.69, 9.17) is 11.6 Å². The third kappa shape index (κ3) is 5.44. The Morgan fingerprint density at radius 3 is 2.55 bits per heavy atom. The SMILES string of the molecule is C=CCN(CCC(=O)Nc1c(C)cc(C)cc1Cl)S(C)(=O)=O. The first-order chi connectivity index (χ1) is 10.1. The van der Waals surface area contributed by atoms with Crippen molar-refractivity contribution in [2.75, 3.05) is 24.7 Å². The van der Waals surface area contributed by atoms with Gasteiger partial charge < -0.3 is 5.32 Å². The first kappa shape index (κ1) is 18.7. The van der Waals surface area contributed by atoms with Gasteiger partial charge in [0.2, 0.25) is 15.9 Å². The van der Waals surface area contributed by atoms with E-state index in [1.54, 1.807) is 6.07 Å². The lowest BCUT2D eigenvalue weighted by Gasteiger charge is -2.18. The molecule has 0 radical (unpaired) electrons. The predicted molar refractivity (Wildman–Crippen MR) is 90.8 cm³/mol. The van der Waals surface area contributed by atoms with E-state index >= 15 is 0 Å². The molecule has 1 amide bonds. The van der Waals surface area contributed by atoms with Gasteiger partial charge in [-0.2, -0.15) is 4.31 Å². The van der Waals surface area contributed by atoms with Crippen LogP contribution in [0.3, 0.4) is 0 Å². The maximum atomic E-state index is 12.0. The second-order valence-electron chi connectivity index (χ2n) is 5.15. The molecule has 1 rings (SSSR count). The van der Waals surface area contributed by atoms with Crippen molar-refractivity contribution in [3.8, 4) is 0 Å². The van der Waals surface area contributed by atoms with Gasteiger partial charge in [-0.3, -0.25) is 4.79 Å². The number of nitrogens with one attached hydrogen (secondary N) is 1. The normalized spacial score (nSPS) is 11.5. The smallest absolute Gasteiger partial charge is 0.225 e. The summed E-state index contributed by atoms with van der Waals surface area (Å²) >= 11 is 6.13. The predicted octanol–water partition coefficient (Wildman–Crippen LogP) is 2.73. The molecular formula is C15H21ClN2O3S. The molecule has 5 nitrogen and oxygen atoms in total. The number of nitrogens with zero attached hydrogens (tertiary/aromatic N) is 1. The molecule has 0 saturated carbocycles. The molecule has 0 aliphatic heterocycles.